The zero-order valence-electron chi connectivity index (χ0n) is 22.1. The van der Waals surface area contributed by atoms with Crippen LogP contribution < -0.4 is 20.2 Å². The van der Waals surface area contributed by atoms with Crippen LogP contribution in [0.1, 0.15) is 29.3 Å². The van der Waals surface area contributed by atoms with Gasteiger partial charge in [-0.05, 0) is 34.5 Å². The number of amides is 2. The van der Waals surface area contributed by atoms with E-state index in [9.17, 15) is 27.6 Å². The second-order valence-electron chi connectivity index (χ2n) is 8.81. The molecule has 212 valence electrons. The summed E-state index contributed by atoms with van der Waals surface area (Å²) in [5, 5.41) is 14.5. The van der Waals surface area contributed by atoms with E-state index in [0.717, 1.165) is 16.3 Å². The van der Waals surface area contributed by atoms with Gasteiger partial charge >= 0.3 is 5.97 Å². The molecular weight excluding hydrogens is 540 g/mol. The van der Waals surface area contributed by atoms with Crippen molar-refractivity contribution in [3.8, 4) is 5.75 Å². The number of benzene rings is 3. The number of aldehydes is 1. The van der Waals surface area contributed by atoms with Gasteiger partial charge in [0.1, 0.15) is 16.9 Å². The van der Waals surface area contributed by atoms with E-state index >= 15 is 0 Å². The minimum atomic E-state index is -4.38. The lowest BCUT2D eigenvalue weighted by Gasteiger charge is -2.18. The van der Waals surface area contributed by atoms with Gasteiger partial charge < -0.3 is 20.0 Å². The Morgan fingerprint density at radius 2 is 1.77 bits per heavy atom. The number of hydrogen-bond donors (Lipinski definition) is 4. The molecule has 0 saturated carbocycles. The number of hydrogen-bond acceptors (Lipinski definition) is 8. The van der Waals surface area contributed by atoms with E-state index in [-0.39, 0.29) is 41.0 Å². The van der Waals surface area contributed by atoms with Crippen molar-refractivity contribution in [2.75, 3.05) is 26.0 Å². The Balaban J connectivity index is 1.91. The minimum Gasteiger partial charge on any atom is -0.492 e. The van der Waals surface area contributed by atoms with Gasteiger partial charge in [0.05, 0.1) is 19.1 Å². The van der Waals surface area contributed by atoms with E-state index in [0.29, 0.717) is 12.0 Å². The van der Waals surface area contributed by atoms with Crippen molar-refractivity contribution in [3.63, 3.8) is 0 Å². The molecule has 0 bridgehead atoms. The van der Waals surface area contributed by atoms with Gasteiger partial charge in [-0.2, -0.15) is 0 Å². The van der Waals surface area contributed by atoms with Crippen molar-refractivity contribution in [1.82, 2.24) is 15.2 Å². The molecule has 0 spiro atoms. The highest BCUT2D eigenvalue weighted by Gasteiger charge is 2.26. The Morgan fingerprint density at radius 1 is 1.07 bits per heavy atom. The first-order chi connectivity index (χ1) is 19.0. The molecule has 0 aliphatic carbocycles. The minimum absolute atomic E-state index is 0.0198. The first kappa shape index (κ1) is 30.2. The maximum atomic E-state index is 13.1. The van der Waals surface area contributed by atoms with E-state index in [2.05, 4.69) is 15.5 Å². The van der Waals surface area contributed by atoms with Gasteiger partial charge in [0, 0.05) is 44.8 Å². The van der Waals surface area contributed by atoms with Crippen molar-refractivity contribution < 1.29 is 37.4 Å². The molecule has 0 aliphatic heterocycles. The van der Waals surface area contributed by atoms with Gasteiger partial charge in [-0.1, -0.05) is 30.3 Å². The number of ether oxygens (including phenoxy) is 1. The Labute approximate surface area is 231 Å². The Bertz CT molecular complexity index is 1540. The summed E-state index contributed by atoms with van der Waals surface area (Å²) >= 11 is 0. The highest BCUT2D eigenvalue weighted by Crippen LogP contribution is 2.29. The number of fused-ring (bicyclic) bond motifs is 1. The van der Waals surface area contributed by atoms with Crippen molar-refractivity contribution >= 4 is 50.6 Å². The first-order valence-corrected chi connectivity index (χ1v) is 13.6. The van der Waals surface area contributed by atoms with Crippen LogP contribution in [0.3, 0.4) is 0 Å². The number of sulfonamides is 1. The number of nitrogens with one attached hydrogen (secondary N) is 3. The number of aliphatic carboxylic acids is 1. The van der Waals surface area contributed by atoms with Gasteiger partial charge in [0.2, 0.25) is 15.9 Å². The normalized spacial score (nSPS) is 12.0. The van der Waals surface area contributed by atoms with E-state index in [4.69, 9.17) is 9.84 Å². The van der Waals surface area contributed by atoms with Crippen LogP contribution in [0, 0.1) is 0 Å². The molecule has 0 saturated heterocycles. The number of carboxylic acid groups (broad SMARTS) is 1. The number of anilines is 1. The summed E-state index contributed by atoms with van der Waals surface area (Å²) in [6.45, 7) is 1.31. The molecule has 3 aromatic carbocycles. The third kappa shape index (κ3) is 7.40. The maximum Gasteiger partial charge on any atom is 0.305 e. The Hall–Kier alpha value is -4.33. The number of carboxylic acids is 1. The van der Waals surface area contributed by atoms with Crippen molar-refractivity contribution in [3.05, 3.63) is 65.7 Å². The summed E-state index contributed by atoms with van der Waals surface area (Å²) < 4.78 is 34.0. The summed E-state index contributed by atoms with van der Waals surface area (Å²) in [7, 11) is -1.12. The topological polar surface area (TPSA) is 171 Å². The average Bonchev–Trinajstić information content (AvgIpc) is 2.91. The summed E-state index contributed by atoms with van der Waals surface area (Å²) in [6, 6.07) is 13.3. The summed E-state index contributed by atoms with van der Waals surface area (Å²) in [6.07, 6.45) is -0.200. The maximum absolute atomic E-state index is 13.1. The second kappa shape index (κ2) is 13.2. The molecule has 12 nitrogen and oxygen atoms in total. The van der Waals surface area contributed by atoms with Crippen LogP contribution in [0.2, 0.25) is 0 Å². The monoisotopic (exact) mass is 570 g/mol. The van der Waals surface area contributed by atoms with Crippen LogP contribution >= 0.6 is 0 Å². The van der Waals surface area contributed by atoms with E-state index < -0.39 is 28.5 Å². The van der Waals surface area contributed by atoms with Crippen molar-refractivity contribution in [2.24, 2.45) is 0 Å². The third-order valence-electron chi connectivity index (χ3n) is 5.93. The van der Waals surface area contributed by atoms with Crippen molar-refractivity contribution in [2.45, 2.75) is 30.7 Å². The van der Waals surface area contributed by atoms with Gasteiger partial charge in [0.15, 0.2) is 0 Å². The van der Waals surface area contributed by atoms with Crippen LogP contribution in [-0.4, -0.2) is 69.3 Å². The molecule has 13 heteroatoms. The Morgan fingerprint density at radius 3 is 2.40 bits per heavy atom. The molecule has 2 amide bonds. The van der Waals surface area contributed by atoms with Crippen LogP contribution in [-0.2, 0) is 30.8 Å². The number of carbonyl (C=O) groups is 4. The molecule has 0 fully saturated rings. The molecule has 40 heavy (non-hydrogen) atoms. The highest BCUT2D eigenvalue weighted by atomic mass is 32.2. The predicted molar refractivity (Wildman–Crippen MR) is 147 cm³/mol. The number of carbonyl (C=O) groups excluding carboxylic acids is 3. The van der Waals surface area contributed by atoms with Gasteiger partial charge in [-0.15, -0.1) is 0 Å². The molecule has 0 aromatic heterocycles. The smallest absolute Gasteiger partial charge is 0.305 e. The fraction of sp³-hybridized carbons (Fsp3) is 0.259. The summed E-state index contributed by atoms with van der Waals surface area (Å²) in [5.41, 5.74) is 4.42. The lowest BCUT2D eigenvalue weighted by atomic mass is 9.97. The van der Waals surface area contributed by atoms with E-state index in [1.807, 2.05) is 24.3 Å². The number of nitrogens with zero attached hydrogens (tertiary/aromatic N) is 1. The van der Waals surface area contributed by atoms with Gasteiger partial charge in [-0.3, -0.25) is 19.4 Å². The molecule has 3 rings (SSSR count). The van der Waals surface area contributed by atoms with Gasteiger partial charge in [-0.25, -0.2) is 18.6 Å². The van der Waals surface area contributed by atoms with Crippen LogP contribution in [0.5, 0.6) is 5.75 Å². The zero-order chi connectivity index (χ0) is 29.4. The molecular formula is C27H30N4O8S. The van der Waals surface area contributed by atoms with E-state index in [1.165, 1.54) is 30.1 Å². The molecule has 1 unspecified atom stereocenters. The number of hydrazine groups is 1. The first-order valence-electron chi connectivity index (χ1n) is 12.2. The molecule has 1 atom stereocenters. The van der Waals surface area contributed by atoms with Crippen LogP contribution in [0.25, 0.3) is 10.8 Å². The van der Waals surface area contributed by atoms with Crippen LogP contribution in [0.15, 0.2) is 59.5 Å². The largest absolute Gasteiger partial charge is 0.492 e. The zero-order valence-corrected chi connectivity index (χ0v) is 22.9. The molecule has 3 aromatic rings. The SMILES string of the molecule is CNN(C)C(=O)c1ccc(CCOc2cc(NC(C)=O)ccc2S(=O)(=O)NC(C=O)CC(=O)O)c2ccccc12. The van der Waals surface area contributed by atoms with E-state index in [1.54, 1.807) is 26.2 Å². The third-order valence-corrected chi connectivity index (χ3v) is 7.46. The lowest BCUT2D eigenvalue weighted by Crippen LogP contribution is -2.37. The molecule has 0 radical (unpaired) electrons. The molecule has 0 aliphatic rings. The molecule has 4 N–H and O–H groups in total. The number of rotatable bonds is 13. The second-order valence-corrected chi connectivity index (χ2v) is 10.5. The fourth-order valence-corrected chi connectivity index (χ4v) is 5.31. The molecule has 0 heterocycles. The summed E-state index contributed by atoms with van der Waals surface area (Å²) in [4.78, 5) is 46.3. The Kier molecular flexibility index (Phi) is 9.93. The highest BCUT2D eigenvalue weighted by molar-refractivity contribution is 7.89. The average molecular weight is 571 g/mol. The van der Waals surface area contributed by atoms with Crippen LogP contribution in [0.4, 0.5) is 5.69 Å². The van der Waals surface area contributed by atoms with Gasteiger partial charge in [0.25, 0.3) is 5.91 Å². The summed E-state index contributed by atoms with van der Waals surface area (Å²) in [5.74, 6) is -2.05. The quantitative estimate of drug-likeness (QED) is 0.177. The standard InChI is InChI=1S/C27H30N4O8S/c1-17(33)29-19-9-11-25(40(37,38)30-20(16-32)15-26(34)35)24(14-19)39-13-12-18-8-10-23(27(36)31(3)28-2)22-7-5-4-6-21(18)22/h4-11,14,16,20,28,30H,12-13,15H2,1-3H3,(H,29,33)(H,34,35). The fourth-order valence-electron chi connectivity index (χ4n) is 4.01. The predicted octanol–water partition coefficient (Wildman–Crippen LogP) is 1.95. The lowest BCUT2D eigenvalue weighted by molar-refractivity contribution is -0.138. The van der Waals surface area contributed by atoms with Crippen molar-refractivity contribution in [1.29, 1.82) is 0 Å².